The van der Waals surface area contributed by atoms with Crippen LogP contribution in [0.15, 0.2) is 12.2 Å². The minimum absolute atomic E-state index is 0.179. The molecule has 2 aliphatic carbocycles. The van der Waals surface area contributed by atoms with E-state index in [0.717, 1.165) is 12.7 Å². The van der Waals surface area contributed by atoms with Crippen molar-refractivity contribution >= 4 is 17.9 Å². The molecule has 0 heterocycles. The molecule has 0 unspecified atom stereocenters. The Hall–Kier alpha value is -0.300. The predicted octanol–water partition coefficient (Wildman–Crippen LogP) is 2.25. The van der Waals surface area contributed by atoms with Gasteiger partial charge in [-0.2, -0.15) is 0 Å². The number of aldehydes is 1. The molecule has 0 aromatic heterocycles. The summed E-state index contributed by atoms with van der Waals surface area (Å²) >= 11 is 5.87. The van der Waals surface area contributed by atoms with Crippen molar-refractivity contribution in [3.05, 3.63) is 12.2 Å². The SMILES string of the molecule is C[C@@]1(C=O)[C@H]2C=C[C@@H](C2)[C@@H]1CCl. The Morgan fingerprint density at radius 2 is 2.42 bits per heavy atom. The lowest BCUT2D eigenvalue weighted by molar-refractivity contribution is -0.118. The van der Waals surface area contributed by atoms with Gasteiger partial charge in [-0.05, 0) is 24.2 Å². The average Bonchev–Trinajstić information content (AvgIpc) is 2.63. The lowest BCUT2D eigenvalue weighted by atomic mass is 9.72. The number of carbonyl (C=O) groups excluding carboxylic acids is 1. The zero-order valence-electron chi connectivity index (χ0n) is 7.16. The minimum Gasteiger partial charge on any atom is -0.303 e. The normalized spacial score (nSPS) is 50.0. The van der Waals surface area contributed by atoms with Gasteiger partial charge < -0.3 is 4.79 Å². The molecule has 12 heavy (non-hydrogen) atoms. The maximum atomic E-state index is 11.0. The first kappa shape index (κ1) is 8.31. The van der Waals surface area contributed by atoms with Crippen molar-refractivity contribution in [3.8, 4) is 0 Å². The standard InChI is InChI=1S/C10H13ClO/c1-10(6-12)8-3-2-7(4-8)9(10)5-11/h2-3,6-9H,4-5H2,1H3/t7-,8-,9-,10+/m0/s1. The van der Waals surface area contributed by atoms with Gasteiger partial charge in [-0.1, -0.05) is 19.1 Å². The Bertz CT molecular complexity index is 236. The van der Waals surface area contributed by atoms with E-state index in [0.29, 0.717) is 23.6 Å². The second kappa shape index (κ2) is 2.59. The molecule has 2 heteroatoms. The fraction of sp³-hybridized carbons (Fsp3) is 0.700. The highest BCUT2D eigenvalue weighted by Crippen LogP contribution is 2.55. The Morgan fingerprint density at radius 3 is 2.92 bits per heavy atom. The summed E-state index contributed by atoms with van der Waals surface area (Å²) in [5, 5.41) is 0. The number of hydrogen-bond acceptors (Lipinski definition) is 1. The van der Waals surface area contributed by atoms with Crippen LogP contribution in [0.5, 0.6) is 0 Å². The summed E-state index contributed by atoms with van der Waals surface area (Å²) < 4.78 is 0. The van der Waals surface area contributed by atoms with Crippen molar-refractivity contribution in [1.82, 2.24) is 0 Å². The van der Waals surface area contributed by atoms with Crippen LogP contribution in [-0.4, -0.2) is 12.2 Å². The van der Waals surface area contributed by atoms with Crippen molar-refractivity contribution < 1.29 is 4.79 Å². The van der Waals surface area contributed by atoms with Crippen LogP contribution in [0.1, 0.15) is 13.3 Å². The van der Waals surface area contributed by atoms with Gasteiger partial charge in [-0.25, -0.2) is 0 Å². The second-order valence-electron chi connectivity index (χ2n) is 4.14. The molecule has 4 atom stereocenters. The van der Waals surface area contributed by atoms with E-state index in [1.54, 1.807) is 0 Å². The predicted molar refractivity (Wildman–Crippen MR) is 49.1 cm³/mol. The first-order chi connectivity index (χ1) is 5.72. The maximum absolute atomic E-state index is 11.0. The number of hydrogen-bond donors (Lipinski definition) is 0. The van der Waals surface area contributed by atoms with E-state index >= 15 is 0 Å². The van der Waals surface area contributed by atoms with Crippen molar-refractivity contribution in [2.75, 3.05) is 5.88 Å². The van der Waals surface area contributed by atoms with Gasteiger partial charge in [0.25, 0.3) is 0 Å². The summed E-state index contributed by atoms with van der Waals surface area (Å²) in [5.74, 6) is 1.99. The Balaban J connectivity index is 2.34. The lowest BCUT2D eigenvalue weighted by Crippen LogP contribution is -2.34. The molecule has 0 spiro atoms. The molecule has 0 saturated heterocycles. The van der Waals surface area contributed by atoms with Crippen molar-refractivity contribution in [1.29, 1.82) is 0 Å². The maximum Gasteiger partial charge on any atom is 0.126 e. The summed E-state index contributed by atoms with van der Waals surface area (Å²) in [4.78, 5) is 11.0. The third-order valence-electron chi connectivity index (χ3n) is 3.65. The number of fused-ring (bicyclic) bond motifs is 2. The smallest absolute Gasteiger partial charge is 0.126 e. The fourth-order valence-electron chi connectivity index (χ4n) is 2.68. The van der Waals surface area contributed by atoms with E-state index in [4.69, 9.17) is 11.6 Å². The molecule has 66 valence electrons. The van der Waals surface area contributed by atoms with Gasteiger partial charge in [0.1, 0.15) is 6.29 Å². The summed E-state index contributed by atoms with van der Waals surface area (Å²) in [7, 11) is 0. The van der Waals surface area contributed by atoms with Crippen LogP contribution in [0, 0.1) is 23.2 Å². The lowest BCUT2D eigenvalue weighted by Gasteiger charge is -2.32. The van der Waals surface area contributed by atoms with E-state index in [1.807, 2.05) is 6.92 Å². The topological polar surface area (TPSA) is 17.1 Å². The van der Waals surface area contributed by atoms with Crippen molar-refractivity contribution in [2.45, 2.75) is 13.3 Å². The van der Waals surface area contributed by atoms with Crippen LogP contribution in [0.2, 0.25) is 0 Å². The van der Waals surface area contributed by atoms with Crippen LogP contribution >= 0.6 is 11.6 Å². The van der Waals surface area contributed by atoms with Crippen LogP contribution in [0.4, 0.5) is 0 Å². The van der Waals surface area contributed by atoms with Crippen molar-refractivity contribution in [2.24, 2.45) is 23.2 Å². The zero-order chi connectivity index (χ0) is 8.77. The van der Waals surface area contributed by atoms with Gasteiger partial charge in [-0.15, -0.1) is 11.6 Å². The highest BCUT2D eigenvalue weighted by atomic mass is 35.5. The highest BCUT2D eigenvalue weighted by Gasteiger charge is 2.52. The van der Waals surface area contributed by atoms with Crippen LogP contribution in [0.3, 0.4) is 0 Å². The number of carbonyl (C=O) groups is 1. The highest BCUT2D eigenvalue weighted by molar-refractivity contribution is 6.18. The first-order valence-electron chi connectivity index (χ1n) is 4.43. The van der Waals surface area contributed by atoms with Gasteiger partial charge in [0, 0.05) is 11.3 Å². The molecule has 0 aromatic carbocycles. The molecule has 2 rings (SSSR count). The molecule has 2 bridgehead atoms. The second-order valence-corrected chi connectivity index (χ2v) is 4.44. The first-order valence-corrected chi connectivity index (χ1v) is 4.96. The molecule has 2 aliphatic rings. The number of alkyl halides is 1. The minimum atomic E-state index is -0.179. The molecule has 0 radical (unpaired) electrons. The molecule has 0 N–H and O–H groups in total. The number of rotatable bonds is 2. The Kier molecular flexibility index (Phi) is 1.80. The number of allylic oxidation sites excluding steroid dienone is 2. The average molecular weight is 185 g/mol. The van der Waals surface area contributed by atoms with Crippen LogP contribution < -0.4 is 0 Å². The third kappa shape index (κ3) is 0.832. The van der Waals surface area contributed by atoms with Crippen LogP contribution in [0.25, 0.3) is 0 Å². The van der Waals surface area contributed by atoms with Gasteiger partial charge in [-0.3, -0.25) is 0 Å². The van der Waals surface area contributed by atoms with E-state index in [2.05, 4.69) is 12.2 Å². The summed E-state index contributed by atoms with van der Waals surface area (Å²) in [6, 6.07) is 0. The molecular formula is C10H13ClO. The number of halogens is 1. The van der Waals surface area contributed by atoms with Gasteiger partial charge in [0.05, 0.1) is 0 Å². The Morgan fingerprint density at radius 1 is 1.67 bits per heavy atom. The van der Waals surface area contributed by atoms with E-state index in [9.17, 15) is 4.79 Å². The van der Waals surface area contributed by atoms with Gasteiger partial charge in [0.15, 0.2) is 0 Å². The third-order valence-corrected chi connectivity index (χ3v) is 3.98. The Labute approximate surface area is 77.8 Å². The van der Waals surface area contributed by atoms with Crippen LogP contribution in [-0.2, 0) is 4.79 Å². The molecular weight excluding hydrogens is 172 g/mol. The molecule has 1 fully saturated rings. The largest absolute Gasteiger partial charge is 0.303 e. The summed E-state index contributed by atoms with van der Waals surface area (Å²) in [6.07, 6.45) is 6.64. The summed E-state index contributed by atoms with van der Waals surface area (Å²) in [5.41, 5.74) is -0.179. The fourth-order valence-corrected chi connectivity index (χ4v) is 3.24. The molecule has 0 aliphatic heterocycles. The zero-order valence-corrected chi connectivity index (χ0v) is 7.92. The molecule has 0 amide bonds. The van der Waals surface area contributed by atoms with Gasteiger partial charge in [0.2, 0.25) is 0 Å². The van der Waals surface area contributed by atoms with E-state index in [-0.39, 0.29) is 5.41 Å². The van der Waals surface area contributed by atoms with E-state index < -0.39 is 0 Å². The van der Waals surface area contributed by atoms with Gasteiger partial charge >= 0.3 is 0 Å². The van der Waals surface area contributed by atoms with Crippen molar-refractivity contribution in [3.63, 3.8) is 0 Å². The summed E-state index contributed by atoms with van der Waals surface area (Å²) in [6.45, 7) is 2.04. The van der Waals surface area contributed by atoms with E-state index in [1.165, 1.54) is 0 Å². The quantitative estimate of drug-likeness (QED) is 0.366. The monoisotopic (exact) mass is 184 g/mol. The molecule has 1 saturated carbocycles. The molecule has 1 nitrogen and oxygen atoms in total. The molecule has 0 aromatic rings.